The molecule has 0 N–H and O–H groups in total. The van der Waals surface area contributed by atoms with Crippen LogP contribution in [0.3, 0.4) is 0 Å². The van der Waals surface area contributed by atoms with Gasteiger partial charge in [0.15, 0.2) is 0 Å². The van der Waals surface area contributed by atoms with Crippen LogP contribution in [0.25, 0.3) is 27.6 Å². The predicted octanol–water partition coefficient (Wildman–Crippen LogP) is 6.82. The van der Waals surface area contributed by atoms with Gasteiger partial charge in [-0.1, -0.05) is 54.5 Å². The smallest absolute Gasteiger partial charge is 0.211 e. The van der Waals surface area contributed by atoms with Crippen LogP contribution in [0.4, 0.5) is 0 Å². The van der Waals surface area contributed by atoms with Crippen LogP contribution in [0.2, 0.25) is 10.0 Å². The van der Waals surface area contributed by atoms with E-state index in [1.807, 2.05) is 54.7 Å². The number of benzene rings is 1. The fourth-order valence-corrected chi connectivity index (χ4v) is 5.93. The van der Waals surface area contributed by atoms with Crippen LogP contribution in [-0.2, 0) is 7.05 Å². The maximum atomic E-state index is 6.27. The van der Waals surface area contributed by atoms with Gasteiger partial charge in [-0.05, 0) is 32.0 Å². The molecular weight excluding hydrogens is 457 g/mol. The molecule has 4 rings (SSSR count). The van der Waals surface area contributed by atoms with Crippen LogP contribution in [0, 0.1) is 13.8 Å². The van der Waals surface area contributed by atoms with Crippen molar-refractivity contribution in [1.29, 1.82) is 0 Å². The highest BCUT2D eigenvalue weighted by molar-refractivity contribution is 8.01. The molecule has 1 aromatic carbocycles. The summed E-state index contributed by atoms with van der Waals surface area (Å²) in [5, 5.41) is 11.5. The molecule has 0 aliphatic rings. The summed E-state index contributed by atoms with van der Waals surface area (Å²) < 4.78 is 4.86. The SMILES string of the molecule is Cc1cc(-c2cn(-c3nc(-c4ccc(Cl)c(Cl)c4)c(SC(C)C)s3)nc2C)n(C)n1. The first-order valence-electron chi connectivity index (χ1n) is 9.43. The molecule has 0 radical (unpaired) electrons. The highest BCUT2D eigenvalue weighted by Crippen LogP contribution is 2.41. The summed E-state index contributed by atoms with van der Waals surface area (Å²) in [6.45, 7) is 8.33. The molecule has 4 aromatic rings. The Morgan fingerprint density at radius 1 is 1.07 bits per heavy atom. The Bertz CT molecular complexity index is 1220. The fraction of sp³-hybridized carbons (Fsp3) is 0.286. The van der Waals surface area contributed by atoms with Gasteiger partial charge in [-0.2, -0.15) is 10.2 Å². The van der Waals surface area contributed by atoms with Crippen molar-refractivity contribution in [2.24, 2.45) is 7.05 Å². The third kappa shape index (κ3) is 4.17. The summed E-state index contributed by atoms with van der Waals surface area (Å²) in [6, 6.07) is 7.70. The van der Waals surface area contributed by atoms with Crippen molar-refractivity contribution in [2.75, 3.05) is 0 Å². The lowest BCUT2D eigenvalue weighted by atomic mass is 10.2. The van der Waals surface area contributed by atoms with Gasteiger partial charge >= 0.3 is 0 Å². The summed E-state index contributed by atoms with van der Waals surface area (Å²) in [5.41, 5.74) is 5.84. The van der Waals surface area contributed by atoms with Crippen LogP contribution in [0.15, 0.2) is 34.7 Å². The second-order valence-electron chi connectivity index (χ2n) is 7.30. The van der Waals surface area contributed by atoms with E-state index in [4.69, 9.17) is 33.3 Å². The lowest BCUT2D eigenvalue weighted by molar-refractivity contribution is 0.763. The molecule has 3 heterocycles. The lowest BCUT2D eigenvalue weighted by Crippen LogP contribution is -1.94. The number of hydrogen-bond acceptors (Lipinski definition) is 5. The van der Waals surface area contributed by atoms with E-state index < -0.39 is 0 Å². The summed E-state index contributed by atoms with van der Waals surface area (Å²) >= 11 is 15.8. The third-order valence-corrected chi connectivity index (χ3v) is 7.49. The zero-order valence-corrected chi connectivity index (χ0v) is 20.4. The normalized spacial score (nSPS) is 11.6. The van der Waals surface area contributed by atoms with Gasteiger partial charge in [-0.15, -0.1) is 11.8 Å². The van der Waals surface area contributed by atoms with E-state index >= 15 is 0 Å². The van der Waals surface area contributed by atoms with Gasteiger partial charge in [0.05, 0.1) is 37.0 Å². The number of rotatable bonds is 5. The summed E-state index contributed by atoms with van der Waals surface area (Å²) in [4.78, 5) is 4.92. The zero-order chi connectivity index (χ0) is 21.6. The molecule has 0 unspecified atom stereocenters. The number of thiazole rings is 1. The van der Waals surface area contributed by atoms with Gasteiger partial charge in [0, 0.05) is 29.6 Å². The van der Waals surface area contributed by atoms with Gasteiger partial charge < -0.3 is 0 Å². The van der Waals surface area contributed by atoms with Gasteiger partial charge in [0.1, 0.15) is 0 Å². The number of aromatic nitrogens is 5. The van der Waals surface area contributed by atoms with Gasteiger partial charge in [0.25, 0.3) is 0 Å². The minimum atomic E-state index is 0.423. The first kappa shape index (κ1) is 21.4. The van der Waals surface area contributed by atoms with Crippen LogP contribution < -0.4 is 0 Å². The van der Waals surface area contributed by atoms with Crippen LogP contribution in [0.5, 0.6) is 0 Å². The second-order valence-corrected chi connectivity index (χ2v) is 10.9. The van der Waals surface area contributed by atoms with Crippen molar-refractivity contribution in [3.63, 3.8) is 0 Å². The van der Waals surface area contributed by atoms with Crippen LogP contribution >= 0.6 is 46.3 Å². The first-order valence-corrected chi connectivity index (χ1v) is 11.9. The van der Waals surface area contributed by atoms with E-state index in [1.165, 1.54) is 0 Å². The molecule has 3 aromatic heterocycles. The van der Waals surface area contributed by atoms with Gasteiger partial charge in [0.2, 0.25) is 5.13 Å². The number of halogens is 2. The average molecular weight is 478 g/mol. The van der Waals surface area contributed by atoms with E-state index in [0.29, 0.717) is 15.3 Å². The van der Waals surface area contributed by atoms with Crippen molar-refractivity contribution in [1.82, 2.24) is 24.5 Å². The third-order valence-electron chi connectivity index (χ3n) is 4.49. The monoisotopic (exact) mass is 477 g/mol. The van der Waals surface area contributed by atoms with Crippen LogP contribution in [-0.4, -0.2) is 29.8 Å². The molecule has 0 fully saturated rings. The van der Waals surface area contributed by atoms with Crippen molar-refractivity contribution in [3.05, 3.63) is 51.9 Å². The molecule has 156 valence electrons. The number of aryl methyl sites for hydroxylation is 3. The molecular formula is C21H21Cl2N5S2. The minimum Gasteiger partial charge on any atom is -0.268 e. The van der Waals surface area contributed by atoms with Crippen molar-refractivity contribution in [3.8, 4) is 27.6 Å². The Balaban J connectivity index is 1.80. The second kappa shape index (κ2) is 8.38. The quantitative estimate of drug-likeness (QED) is 0.295. The van der Waals surface area contributed by atoms with Crippen LogP contribution in [0.1, 0.15) is 25.2 Å². The Labute approximate surface area is 194 Å². The van der Waals surface area contributed by atoms with Gasteiger partial charge in [-0.25, -0.2) is 9.67 Å². The maximum Gasteiger partial charge on any atom is 0.211 e. The Morgan fingerprint density at radius 2 is 1.83 bits per heavy atom. The lowest BCUT2D eigenvalue weighted by Gasteiger charge is -2.05. The Hall–Kier alpha value is -1.80. The van der Waals surface area contributed by atoms with E-state index in [1.54, 1.807) is 23.1 Å². The van der Waals surface area contributed by atoms with E-state index in [9.17, 15) is 0 Å². The maximum absolute atomic E-state index is 6.27. The predicted molar refractivity (Wildman–Crippen MR) is 127 cm³/mol. The van der Waals surface area contributed by atoms with E-state index in [0.717, 1.165) is 43.2 Å². The molecule has 0 aliphatic heterocycles. The van der Waals surface area contributed by atoms with E-state index in [-0.39, 0.29) is 0 Å². The molecule has 30 heavy (non-hydrogen) atoms. The summed E-state index contributed by atoms with van der Waals surface area (Å²) in [7, 11) is 1.95. The van der Waals surface area contributed by atoms with Crippen molar-refractivity contribution < 1.29 is 0 Å². The fourth-order valence-electron chi connectivity index (χ4n) is 3.19. The number of nitrogens with zero attached hydrogens (tertiary/aromatic N) is 5. The molecule has 9 heteroatoms. The highest BCUT2D eigenvalue weighted by atomic mass is 35.5. The number of thioether (sulfide) groups is 1. The van der Waals surface area contributed by atoms with Crippen molar-refractivity contribution >= 4 is 46.3 Å². The largest absolute Gasteiger partial charge is 0.268 e. The summed E-state index contributed by atoms with van der Waals surface area (Å²) in [5.74, 6) is 0. The molecule has 0 saturated carbocycles. The number of hydrogen-bond donors (Lipinski definition) is 0. The Kier molecular flexibility index (Phi) is 5.99. The zero-order valence-electron chi connectivity index (χ0n) is 17.3. The molecule has 0 spiro atoms. The topological polar surface area (TPSA) is 48.5 Å². The minimum absolute atomic E-state index is 0.423. The molecule has 0 atom stereocenters. The van der Waals surface area contributed by atoms with Gasteiger partial charge in [-0.3, -0.25) is 4.68 Å². The molecule has 0 bridgehead atoms. The van der Waals surface area contributed by atoms with Crippen molar-refractivity contribution in [2.45, 2.75) is 37.2 Å². The first-order chi connectivity index (χ1) is 14.2. The molecule has 5 nitrogen and oxygen atoms in total. The molecule has 0 aliphatic carbocycles. The van der Waals surface area contributed by atoms with E-state index in [2.05, 4.69) is 25.0 Å². The standard InChI is InChI=1S/C21H21Cl2N5S2/c1-11(2)29-20-19(14-6-7-16(22)17(23)9-14)24-21(30-20)28-10-15(13(4)26-28)18-8-12(3)25-27(18)5/h6-11H,1-5H3. The highest BCUT2D eigenvalue weighted by Gasteiger charge is 2.19. The Morgan fingerprint density at radius 3 is 2.47 bits per heavy atom. The molecule has 0 amide bonds. The average Bonchev–Trinajstić information content (AvgIpc) is 3.34. The summed E-state index contributed by atoms with van der Waals surface area (Å²) in [6.07, 6.45) is 2.02. The molecule has 0 saturated heterocycles.